The van der Waals surface area contributed by atoms with Gasteiger partial charge in [0.1, 0.15) is 5.82 Å². The molecule has 0 saturated carbocycles. The first-order chi connectivity index (χ1) is 12.0. The molecule has 1 heterocycles. The Morgan fingerprint density at radius 3 is 2.36 bits per heavy atom. The first-order valence-corrected chi connectivity index (χ1v) is 8.03. The second-order valence-electron chi connectivity index (χ2n) is 6.00. The van der Waals surface area contributed by atoms with Crippen molar-refractivity contribution >= 4 is 11.6 Å². The molecule has 0 unspecified atom stereocenters. The lowest BCUT2D eigenvalue weighted by Gasteiger charge is -2.34. The number of hydrogen-bond acceptors (Lipinski definition) is 4. The van der Waals surface area contributed by atoms with Crippen molar-refractivity contribution in [2.75, 3.05) is 26.2 Å². The van der Waals surface area contributed by atoms with Crippen LogP contribution in [0.5, 0.6) is 0 Å². The van der Waals surface area contributed by atoms with Crippen molar-refractivity contribution in [2.24, 2.45) is 0 Å². The molecule has 2 aromatic carbocycles. The molecule has 1 aliphatic heterocycles. The van der Waals surface area contributed by atoms with Gasteiger partial charge in [-0.05, 0) is 23.8 Å². The number of rotatable bonds is 4. The van der Waals surface area contributed by atoms with Gasteiger partial charge in [0.2, 0.25) is 0 Å². The fourth-order valence-corrected chi connectivity index (χ4v) is 2.89. The monoisotopic (exact) mass is 343 g/mol. The van der Waals surface area contributed by atoms with Crippen LogP contribution in [-0.2, 0) is 6.54 Å². The number of halogens is 1. The van der Waals surface area contributed by atoms with Crippen LogP contribution in [-0.4, -0.2) is 46.8 Å². The SMILES string of the molecule is O=C(c1cccc(F)c1)N1CCN(Cc2ccc([N+](=O)[O-])cc2)CC1. The van der Waals surface area contributed by atoms with E-state index in [1.165, 1.54) is 30.3 Å². The minimum Gasteiger partial charge on any atom is -0.336 e. The number of benzene rings is 2. The maximum atomic E-state index is 13.3. The highest BCUT2D eigenvalue weighted by molar-refractivity contribution is 5.94. The predicted molar refractivity (Wildman–Crippen MR) is 90.7 cm³/mol. The van der Waals surface area contributed by atoms with E-state index in [1.807, 2.05) is 0 Å². The van der Waals surface area contributed by atoms with Gasteiger partial charge in [-0.3, -0.25) is 19.8 Å². The fourth-order valence-electron chi connectivity index (χ4n) is 2.89. The Morgan fingerprint density at radius 1 is 1.08 bits per heavy atom. The summed E-state index contributed by atoms with van der Waals surface area (Å²) in [6.07, 6.45) is 0. The fraction of sp³-hybridized carbons (Fsp3) is 0.278. The Labute approximate surface area is 144 Å². The van der Waals surface area contributed by atoms with Gasteiger partial charge in [-0.1, -0.05) is 18.2 Å². The van der Waals surface area contributed by atoms with Gasteiger partial charge < -0.3 is 4.90 Å². The van der Waals surface area contributed by atoms with E-state index in [0.717, 1.165) is 5.56 Å². The maximum absolute atomic E-state index is 13.3. The molecule has 0 radical (unpaired) electrons. The van der Waals surface area contributed by atoms with Crippen LogP contribution >= 0.6 is 0 Å². The van der Waals surface area contributed by atoms with Gasteiger partial charge in [-0.25, -0.2) is 4.39 Å². The zero-order valence-corrected chi connectivity index (χ0v) is 13.6. The number of carbonyl (C=O) groups is 1. The normalized spacial score (nSPS) is 15.2. The van der Waals surface area contributed by atoms with Gasteiger partial charge >= 0.3 is 0 Å². The average molecular weight is 343 g/mol. The van der Waals surface area contributed by atoms with Gasteiger partial charge in [0.05, 0.1) is 4.92 Å². The third kappa shape index (κ3) is 4.19. The van der Waals surface area contributed by atoms with Crippen LogP contribution in [0.15, 0.2) is 48.5 Å². The smallest absolute Gasteiger partial charge is 0.269 e. The molecule has 0 bridgehead atoms. The van der Waals surface area contributed by atoms with Crippen molar-refractivity contribution in [3.63, 3.8) is 0 Å². The van der Waals surface area contributed by atoms with E-state index >= 15 is 0 Å². The molecule has 3 rings (SSSR count). The van der Waals surface area contributed by atoms with Crippen LogP contribution < -0.4 is 0 Å². The zero-order chi connectivity index (χ0) is 17.8. The Balaban J connectivity index is 1.55. The molecule has 1 amide bonds. The van der Waals surface area contributed by atoms with Crippen molar-refractivity contribution in [3.05, 3.63) is 75.6 Å². The van der Waals surface area contributed by atoms with E-state index in [1.54, 1.807) is 23.1 Å². The van der Waals surface area contributed by atoms with Gasteiger partial charge in [0.15, 0.2) is 0 Å². The third-order valence-electron chi connectivity index (χ3n) is 4.28. The molecule has 0 atom stereocenters. The topological polar surface area (TPSA) is 66.7 Å². The molecule has 7 heteroatoms. The van der Waals surface area contributed by atoms with E-state index in [9.17, 15) is 19.3 Å². The minimum absolute atomic E-state index is 0.0780. The Kier molecular flexibility index (Phi) is 5.04. The van der Waals surface area contributed by atoms with Crippen molar-refractivity contribution in [1.29, 1.82) is 0 Å². The van der Waals surface area contributed by atoms with Crippen molar-refractivity contribution < 1.29 is 14.1 Å². The lowest BCUT2D eigenvalue weighted by molar-refractivity contribution is -0.384. The van der Waals surface area contributed by atoms with Crippen LogP contribution in [0.3, 0.4) is 0 Å². The second kappa shape index (κ2) is 7.40. The highest BCUT2D eigenvalue weighted by Crippen LogP contribution is 2.15. The quantitative estimate of drug-likeness (QED) is 0.632. The molecular weight excluding hydrogens is 325 g/mol. The van der Waals surface area contributed by atoms with Crippen LogP contribution in [0.4, 0.5) is 10.1 Å². The number of non-ortho nitro benzene ring substituents is 1. The number of hydrogen-bond donors (Lipinski definition) is 0. The number of amides is 1. The summed E-state index contributed by atoms with van der Waals surface area (Å²) in [7, 11) is 0. The van der Waals surface area contributed by atoms with E-state index in [2.05, 4.69) is 4.90 Å². The second-order valence-corrected chi connectivity index (χ2v) is 6.00. The summed E-state index contributed by atoms with van der Waals surface area (Å²) in [5.74, 6) is -0.572. The molecule has 6 nitrogen and oxygen atoms in total. The summed E-state index contributed by atoms with van der Waals surface area (Å²) < 4.78 is 13.3. The number of piperazine rings is 1. The van der Waals surface area contributed by atoms with Gasteiger partial charge in [-0.15, -0.1) is 0 Å². The molecule has 0 N–H and O–H groups in total. The number of nitro benzene ring substituents is 1. The lowest BCUT2D eigenvalue weighted by atomic mass is 10.1. The summed E-state index contributed by atoms with van der Waals surface area (Å²) in [5.41, 5.74) is 1.44. The number of carbonyl (C=O) groups excluding carboxylic acids is 1. The summed E-state index contributed by atoms with van der Waals surface area (Å²) in [4.78, 5) is 26.6. The van der Waals surface area contributed by atoms with Crippen molar-refractivity contribution in [2.45, 2.75) is 6.54 Å². The van der Waals surface area contributed by atoms with Crippen molar-refractivity contribution in [3.8, 4) is 0 Å². The highest BCUT2D eigenvalue weighted by atomic mass is 19.1. The highest BCUT2D eigenvalue weighted by Gasteiger charge is 2.22. The van der Waals surface area contributed by atoms with E-state index < -0.39 is 10.7 Å². The molecule has 130 valence electrons. The zero-order valence-electron chi connectivity index (χ0n) is 13.6. The molecular formula is C18H18FN3O3. The Bertz CT molecular complexity index is 771. The predicted octanol–water partition coefficient (Wildman–Crippen LogP) is 2.69. The summed E-state index contributed by atoms with van der Waals surface area (Å²) in [6.45, 7) is 3.24. The van der Waals surface area contributed by atoms with Gasteiger partial charge in [0.25, 0.3) is 11.6 Å². The molecule has 0 aromatic heterocycles. The van der Waals surface area contributed by atoms with E-state index in [0.29, 0.717) is 38.3 Å². The van der Waals surface area contributed by atoms with Crippen LogP contribution in [0.1, 0.15) is 15.9 Å². The molecule has 1 fully saturated rings. The first kappa shape index (κ1) is 17.0. The molecule has 0 spiro atoms. The average Bonchev–Trinajstić information content (AvgIpc) is 2.62. The van der Waals surface area contributed by atoms with Gasteiger partial charge in [0, 0.05) is 50.4 Å². The third-order valence-corrected chi connectivity index (χ3v) is 4.28. The minimum atomic E-state index is -0.416. The molecule has 1 aliphatic rings. The summed E-state index contributed by atoms with van der Waals surface area (Å²) in [5, 5.41) is 10.7. The maximum Gasteiger partial charge on any atom is 0.269 e. The molecule has 0 aliphatic carbocycles. The molecule has 25 heavy (non-hydrogen) atoms. The number of nitrogens with zero attached hydrogens (tertiary/aromatic N) is 3. The first-order valence-electron chi connectivity index (χ1n) is 8.03. The summed E-state index contributed by atoms with van der Waals surface area (Å²) in [6, 6.07) is 12.2. The lowest BCUT2D eigenvalue weighted by Crippen LogP contribution is -2.48. The van der Waals surface area contributed by atoms with Crippen LogP contribution in [0.25, 0.3) is 0 Å². The van der Waals surface area contributed by atoms with Crippen LogP contribution in [0.2, 0.25) is 0 Å². The van der Waals surface area contributed by atoms with Gasteiger partial charge in [-0.2, -0.15) is 0 Å². The standard InChI is InChI=1S/C18H18FN3O3/c19-16-3-1-2-15(12-16)18(23)21-10-8-20(9-11-21)13-14-4-6-17(7-5-14)22(24)25/h1-7,12H,8-11,13H2. The van der Waals surface area contributed by atoms with E-state index in [4.69, 9.17) is 0 Å². The van der Waals surface area contributed by atoms with E-state index in [-0.39, 0.29) is 11.6 Å². The largest absolute Gasteiger partial charge is 0.336 e. The molecule has 1 saturated heterocycles. The Hall–Kier alpha value is -2.80. The number of nitro groups is 1. The summed E-state index contributed by atoms with van der Waals surface area (Å²) >= 11 is 0. The Morgan fingerprint density at radius 2 is 1.76 bits per heavy atom. The van der Waals surface area contributed by atoms with Crippen molar-refractivity contribution in [1.82, 2.24) is 9.80 Å². The van der Waals surface area contributed by atoms with Crippen LogP contribution in [0, 0.1) is 15.9 Å². The molecule has 2 aromatic rings.